The van der Waals surface area contributed by atoms with Crippen molar-refractivity contribution in [1.29, 1.82) is 0 Å². The zero-order valence-electron chi connectivity index (χ0n) is 13.1. The minimum atomic E-state index is -0.666. The van der Waals surface area contributed by atoms with Crippen molar-refractivity contribution >= 4 is 22.4 Å². The van der Waals surface area contributed by atoms with Crippen molar-refractivity contribution in [2.45, 2.75) is 45.4 Å². The molecule has 21 heavy (non-hydrogen) atoms. The third-order valence-electron chi connectivity index (χ3n) is 4.91. The summed E-state index contributed by atoms with van der Waals surface area (Å²) in [6, 6.07) is 0. The summed E-state index contributed by atoms with van der Waals surface area (Å²) in [6.07, 6.45) is 4.13. The zero-order valence-corrected chi connectivity index (χ0v) is 13.9. The van der Waals surface area contributed by atoms with Crippen molar-refractivity contribution in [3.8, 4) is 0 Å². The Morgan fingerprint density at radius 3 is 2.71 bits per heavy atom. The smallest absolute Gasteiger partial charge is 0.317 e. The lowest BCUT2D eigenvalue weighted by molar-refractivity contribution is -0.148. The number of anilines is 1. The second kappa shape index (κ2) is 5.59. The molecule has 1 aromatic heterocycles. The molecule has 0 aromatic carbocycles. The molecule has 2 fully saturated rings. The highest BCUT2D eigenvalue weighted by Gasteiger charge is 2.38. The first-order valence-corrected chi connectivity index (χ1v) is 8.78. The van der Waals surface area contributed by atoms with Crippen molar-refractivity contribution in [3.05, 3.63) is 11.1 Å². The molecule has 2 heterocycles. The highest BCUT2D eigenvalue weighted by Crippen LogP contribution is 2.41. The second-order valence-corrected chi connectivity index (χ2v) is 7.55. The van der Waals surface area contributed by atoms with Gasteiger partial charge in [-0.3, -0.25) is 4.79 Å². The monoisotopic (exact) mass is 308 g/mol. The first-order valence-electron chi connectivity index (χ1n) is 7.90. The van der Waals surface area contributed by atoms with Crippen LogP contribution >= 0.6 is 11.3 Å². The number of hydrogen-bond donors (Lipinski definition) is 0. The Balaban J connectivity index is 1.73. The quantitative estimate of drug-likeness (QED) is 0.801. The van der Waals surface area contributed by atoms with E-state index in [1.807, 2.05) is 26.2 Å². The van der Waals surface area contributed by atoms with Crippen LogP contribution in [0.3, 0.4) is 0 Å². The van der Waals surface area contributed by atoms with Crippen molar-refractivity contribution in [1.82, 2.24) is 4.98 Å². The molecule has 2 unspecified atom stereocenters. The molecule has 1 saturated heterocycles. The van der Waals surface area contributed by atoms with E-state index < -0.39 is 5.41 Å². The van der Waals surface area contributed by atoms with E-state index in [0.717, 1.165) is 35.8 Å². The number of carbonyl (C=O) groups is 1. The Morgan fingerprint density at radius 2 is 2.10 bits per heavy atom. The van der Waals surface area contributed by atoms with Crippen molar-refractivity contribution < 1.29 is 9.53 Å². The molecule has 1 aliphatic carbocycles. The molecular formula is C16H24N2O2S. The van der Waals surface area contributed by atoms with E-state index >= 15 is 0 Å². The van der Waals surface area contributed by atoms with Crippen LogP contribution in [0, 0.1) is 11.8 Å². The van der Waals surface area contributed by atoms with Gasteiger partial charge in [0.25, 0.3) is 0 Å². The normalized spacial score (nSPS) is 25.2. The number of esters is 1. The number of carbonyl (C=O) groups excluding carboxylic acids is 1. The van der Waals surface area contributed by atoms with Crippen LogP contribution in [0.4, 0.5) is 5.13 Å². The molecule has 0 radical (unpaired) electrons. The maximum atomic E-state index is 12.1. The van der Waals surface area contributed by atoms with E-state index in [1.54, 1.807) is 11.3 Å². The van der Waals surface area contributed by atoms with E-state index in [1.165, 1.54) is 19.3 Å². The summed E-state index contributed by atoms with van der Waals surface area (Å²) in [6.45, 7) is 8.30. The number of fused-ring (bicyclic) bond motifs is 1. The first kappa shape index (κ1) is 14.8. The SMILES string of the molecule is CCOC(=O)C(C)(C)c1csc(N2CC3CCCC3C2)n1. The fourth-order valence-electron chi connectivity index (χ4n) is 3.50. The van der Waals surface area contributed by atoms with Gasteiger partial charge in [-0.05, 0) is 45.4 Å². The maximum Gasteiger partial charge on any atom is 0.317 e. The maximum absolute atomic E-state index is 12.1. The van der Waals surface area contributed by atoms with Crippen molar-refractivity contribution in [2.24, 2.45) is 11.8 Å². The summed E-state index contributed by atoms with van der Waals surface area (Å²) in [7, 11) is 0. The summed E-state index contributed by atoms with van der Waals surface area (Å²) in [5, 5.41) is 3.08. The van der Waals surface area contributed by atoms with Gasteiger partial charge in [-0.25, -0.2) is 4.98 Å². The van der Waals surface area contributed by atoms with Crippen LogP contribution in [0.5, 0.6) is 0 Å². The van der Waals surface area contributed by atoms with Crippen LogP contribution in [-0.2, 0) is 14.9 Å². The molecular weight excluding hydrogens is 284 g/mol. The lowest BCUT2D eigenvalue weighted by Crippen LogP contribution is -2.31. The summed E-state index contributed by atoms with van der Waals surface area (Å²) in [5.74, 6) is 1.52. The Kier molecular flexibility index (Phi) is 3.95. The minimum Gasteiger partial charge on any atom is -0.465 e. The fourth-order valence-corrected chi connectivity index (χ4v) is 4.52. The van der Waals surface area contributed by atoms with Crippen molar-refractivity contribution in [3.63, 3.8) is 0 Å². The van der Waals surface area contributed by atoms with E-state index in [0.29, 0.717) is 6.61 Å². The van der Waals surface area contributed by atoms with Gasteiger partial charge < -0.3 is 9.64 Å². The molecule has 1 aromatic rings. The van der Waals surface area contributed by atoms with Gasteiger partial charge in [0.1, 0.15) is 5.41 Å². The highest BCUT2D eigenvalue weighted by atomic mass is 32.1. The van der Waals surface area contributed by atoms with Crippen LogP contribution in [0.1, 0.15) is 45.7 Å². The lowest BCUT2D eigenvalue weighted by atomic mass is 9.90. The van der Waals surface area contributed by atoms with Gasteiger partial charge in [0, 0.05) is 18.5 Å². The number of nitrogens with zero attached hydrogens (tertiary/aromatic N) is 2. The standard InChI is InChI=1S/C16H24N2O2S/c1-4-20-14(19)16(2,3)13-10-21-15(17-13)18-8-11-6-5-7-12(11)9-18/h10-12H,4-9H2,1-3H3. The average molecular weight is 308 g/mol. The average Bonchev–Trinajstić information content (AvgIpc) is 3.13. The van der Waals surface area contributed by atoms with Gasteiger partial charge >= 0.3 is 5.97 Å². The van der Waals surface area contributed by atoms with Crippen LogP contribution in [0.15, 0.2) is 5.38 Å². The van der Waals surface area contributed by atoms with Gasteiger partial charge in [-0.15, -0.1) is 11.3 Å². The minimum absolute atomic E-state index is 0.194. The van der Waals surface area contributed by atoms with Gasteiger partial charge in [0.15, 0.2) is 5.13 Å². The molecule has 2 aliphatic rings. The van der Waals surface area contributed by atoms with Gasteiger partial charge in [-0.2, -0.15) is 0 Å². The Hall–Kier alpha value is -1.10. The fraction of sp³-hybridized carbons (Fsp3) is 0.750. The summed E-state index contributed by atoms with van der Waals surface area (Å²) >= 11 is 1.65. The van der Waals surface area contributed by atoms with Crippen molar-refractivity contribution in [2.75, 3.05) is 24.6 Å². The molecule has 0 amide bonds. The van der Waals surface area contributed by atoms with Gasteiger partial charge in [0.05, 0.1) is 12.3 Å². The number of rotatable bonds is 4. The van der Waals surface area contributed by atoms with Gasteiger partial charge in [0.2, 0.25) is 0 Å². The zero-order chi connectivity index (χ0) is 15.0. The topological polar surface area (TPSA) is 42.4 Å². The van der Waals surface area contributed by atoms with E-state index in [-0.39, 0.29) is 5.97 Å². The predicted molar refractivity (Wildman–Crippen MR) is 84.8 cm³/mol. The molecule has 116 valence electrons. The number of hydrogen-bond acceptors (Lipinski definition) is 5. The lowest BCUT2D eigenvalue weighted by Gasteiger charge is -2.20. The number of ether oxygens (including phenoxy) is 1. The highest BCUT2D eigenvalue weighted by molar-refractivity contribution is 7.13. The Morgan fingerprint density at radius 1 is 1.43 bits per heavy atom. The molecule has 0 spiro atoms. The molecule has 1 saturated carbocycles. The largest absolute Gasteiger partial charge is 0.465 e. The molecule has 3 rings (SSSR count). The summed E-state index contributed by atoms with van der Waals surface area (Å²) in [5.41, 5.74) is 0.165. The van der Waals surface area contributed by atoms with E-state index in [9.17, 15) is 4.79 Å². The molecule has 0 N–H and O–H groups in total. The van der Waals surface area contributed by atoms with Crippen LogP contribution in [0.25, 0.3) is 0 Å². The molecule has 5 heteroatoms. The second-order valence-electron chi connectivity index (χ2n) is 6.72. The Labute approximate surface area is 130 Å². The van der Waals surface area contributed by atoms with E-state index in [4.69, 9.17) is 9.72 Å². The molecule has 1 aliphatic heterocycles. The van der Waals surface area contributed by atoms with Crippen LogP contribution < -0.4 is 4.90 Å². The third kappa shape index (κ3) is 2.68. The van der Waals surface area contributed by atoms with Crippen LogP contribution in [-0.4, -0.2) is 30.6 Å². The molecule has 0 bridgehead atoms. The van der Waals surface area contributed by atoms with Gasteiger partial charge in [-0.1, -0.05) is 6.42 Å². The van der Waals surface area contributed by atoms with E-state index in [2.05, 4.69) is 4.90 Å². The van der Waals surface area contributed by atoms with Crippen LogP contribution in [0.2, 0.25) is 0 Å². The number of aromatic nitrogens is 1. The predicted octanol–water partition coefficient (Wildman–Crippen LogP) is 3.22. The third-order valence-corrected chi connectivity index (χ3v) is 5.82. The molecule has 4 nitrogen and oxygen atoms in total. The first-order chi connectivity index (χ1) is 10.0. The summed E-state index contributed by atoms with van der Waals surface area (Å²) < 4.78 is 5.17. The Bertz CT molecular complexity index is 514. The molecule has 2 atom stereocenters. The summed E-state index contributed by atoms with van der Waals surface area (Å²) in [4.78, 5) is 19.2. The number of thiazole rings is 1.